The van der Waals surface area contributed by atoms with Gasteiger partial charge in [-0.05, 0) is 48.1 Å². The van der Waals surface area contributed by atoms with Crippen LogP contribution in [0.5, 0.6) is 0 Å². The molecule has 0 saturated heterocycles. The third-order valence-electron chi connectivity index (χ3n) is 5.55. The van der Waals surface area contributed by atoms with Crippen molar-refractivity contribution in [3.63, 3.8) is 0 Å². The van der Waals surface area contributed by atoms with Crippen LogP contribution in [0.3, 0.4) is 0 Å². The largest absolute Gasteiger partial charge is 0.435 e. The summed E-state index contributed by atoms with van der Waals surface area (Å²) in [6.07, 6.45) is -2.92. The van der Waals surface area contributed by atoms with Crippen LogP contribution in [0.1, 0.15) is 40.7 Å². The second-order valence-corrected chi connectivity index (χ2v) is 7.99. The first-order chi connectivity index (χ1) is 13.7. The molecule has 1 atom stereocenters. The lowest BCUT2D eigenvalue weighted by atomic mass is 9.85. The molecule has 0 amide bonds. The Morgan fingerprint density at radius 2 is 1.76 bits per heavy atom. The zero-order valence-electron chi connectivity index (χ0n) is 15.0. The summed E-state index contributed by atoms with van der Waals surface area (Å²) in [5.41, 5.74) is 6.43. The number of nitrogens with two attached hydrogens (primary N) is 1. The zero-order chi connectivity index (χ0) is 21.0. The molecule has 0 bridgehead atoms. The molecule has 0 radical (unpaired) electrons. The molecule has 1 unspecified atom stereocenters. The number of benzene rings is 2. The molecule has 1 aliphatic heterocycles. The molecule has 1 aliphatic carbocycles. The van der Waals surface area contributed by atoms with E-state index in [2.05, 4.69) is 5.16 Å². The molecule has 9 heteroatoms. The minimum atomic E-state index is -4.83. The number of halogens is 6. The third-order valence-corrected chi connectivity index (χ3v) is 6.10. The van der Waals surface area contributed by atoms with Gasteiger partial charge in [0.25, 0.3) is 5.60 Å². The van der Waals surface area contributed by atoms with Crippen LogP contribution in [0.25, 0.3) is 0 Å². The van der Waals surface area contributed by atoms with Crippen molar-refractivity contribution in [2.75, 3.05) is 0 Å². The van der Waals surface area contributed by atoms with Crippen molar-refractivity contribution < 1.29 is 22.4 Å². The number of nitrogens with zero attached hydrogens (tertiary/aromatic N) is 1. The highest BCUT2D eigenvalue weighted by Crippen LogP contribution is 2.50. The average molecular weight is 447 g/mol. The summed E-state index contributed by atoms with van der Waals surface area (Å²) in [4.78, 5) is 5.02. The van der Waals surface area contributed by atoms with Crippen molar-refractivity contribution in [2.45, 2.75) is 44.0 Å². The van der Waals surface area contributed by atoms with Crippen LogP contribution in [-0.2, 0) is 29.8 Å². The Morgan fingerprint density at radius 1 is 1.10 bits per heavy atom. The number of alkyl halides is 3. The van der Waals surface area contributed by atoms with Crippen molar-refractivity contribution in [3.05, 3.63) is 67.9 Å². The van der Waals surface area contributed by atoms with E-state index in [0.717, 1.165) is 48.1 Å². The Balaban J connectivity index is 1.78. The number of hydrogen-bond donors (Lipinski definition) is 1. The van der Waals surface area contributed by atoms with Gasteiger partial charge in [0.15, 0.2) is 5.82 Å². The minimum Gasteiger partial charge on any atom is -0.374 e. The first-order valence-electron chi connectivity index (χ1n) is 8.99. The second-order valence-electron chi connectivity index (χ2n) is 7.17. The smallest absolute Gasteiger partial charge is 0.374 e. The van der Waals surface area contributed by atoms with Gasteiger partial charge in [0, 0.05) is 24.1 Å². The Bertz CT molecular complexity index is 999. The maximum Gasteiger partial charge on any atom is 0.435 e. The molecule has 2 aromatic carbocycles. The van der Waals surface area contributed by atoms with E-state index in [9.17, 15) is 17.6 Å². The molecule has 2 aromatic rings. The second kappa shape index (κ2) is 7.15. The maximum absolute atomic E-state index is 14.2. The summed E-state index contributed by atoms with van der Waals surface area (Å²) < 4.78 is 56.2. The van der Waals surface area contributed by atoms with Gasteiger partial charge >= 0.3 is 6.18 Å². The molecule has 3 nitrogen and oxygen atoms in total. The Labute approximate surface area is 174 Å². The Hall–Kier alpha value is -1.83. The molecule has 2 N–H and O–H groups in total. The van der Waals surface area contributed by atoms with Crippen LogP contribution < -0.4 is 5.73 Å². The van der Waals surface area contributed by atoms with Gasteiger partial charge in [-0.3, -0.25) is 0 Å². The van der Waals surface area contributed by atoms with Gasteiger partial charge in [0.05, 0.1) is 15.8 Å². The van der Waals surface area contributed by atoms with E-state index in [4.69, 9.17) is 33.8 Å². The fraction of sp³-hybridized carbons (Fsp3) is 0.350. The first kappa shape index (κ1) is 20.4. The summed E-state index contributed by atoms with van der Waals surface area (Å²) in [5.74, 6) is -0.983. The van der Waals surface area contributed by atoms with Gasteiger partial charge < -0.3 is 10.6 Å². The SMILES string of the molecule is NCc1ccc(C2=NOC(c3cc(Cl)c(F)c(Cl)c3)(C(F)(F)F)C2)c2c1CCC2. The minimum absolute atomic E-state index is 0.181. The van der Waals surface area contributed by atoms with Crippen molar-refractivity contribution in [1.82, 2.24) is 0 Å². The molecule has 0 spiro atoms. The van der Waals surface area contributed by atoms with Gasteiger partial charge in [-0.1, -0.05) is 40.5 Å². The van der Waals surface area contributed by atoms with Crippen molar-refractivity contribution in [2.24, 2.45) is 10.9 Å². The zero-order valence-corrected chi connectivity index (χ0v) is 16.6. The van der Waals surface area contributed by atoms with Crippen LogP contribution in [0, 0.1) is 5.82 Å². The normalized spacial score (nSPS) is 21.1. The summed E-state index contributed by atoms with van der Waals surface area (Å²) in [5, 5.41) is 2.78. The highest BCUT2D eigenvalue weighted by atomic mass is 35.5. The Morgan fingerprint density at radius 3 is 2.38 bits per heavy atom. The molecule has 0 saturated carbocycles. The fourth-order valence-corrected chi connectivity index (χ4v) is 4.57. The first-order valence-corrected chi connectivity index (χ1v) is 9.74. The van der Waals surface area contributed by atoms with Crippen LogP contribution in [0.4, 0.5) is 17.6 Å². The monoisotopic (exact) mass is 446 g/mol. The molecule has 2 aliphatic rings. The third kappa shape index (κ3) is 3.20. The summed E-state index contributed by atoms with van der Waals surface area (Å²) in [6, 6.07) is 5.33. The lowest BCUT2D eigenvalue weighted by molar-refractivity contribution is -0.275. The van der Waals surface area contributed by atoms with Crippen LogP contribution in [0.15, 0.2) is 29.4 Å². The van der Waals surface area contributed by atoms with Gasteiger partial charge in [-0.2, -0.15) is 13.2 Å². The van der Waals surface area contributed by atoms with E-state index < -0.39 is 39.6 Å². The van der Waals surface area contributed by atoms with E-state index in [1.807, 2.05) is 6.07 Å². The summed E-state index contributed by atoms with van der Waals surface area (Å²) >= 11 is 11.5. The van der Waals surface area contributed by atoms with E-state index in [1.54, 1.807) is 6.07 Å². The number of hydrogen-bond acceptors (Lipinski definition) is 3. The van der Waals surface area contributed by atoms with E-state index in [-0.39, 0.29) is 5.71 Å². The topological polar surface area (TPSA) is 47.6 Å². The van der Waals surface area contributed by atoms with E-state index in [0.29, 0.717) is 12.1 Å². The van der Waals surface area contributed by atoms with Crippen LogP contribution >= 0.6 is 23.2 Å². The molecule has 0 aromatic heterocycles. The van der Waals surface area contributed by atoms with E-state index >= 15 is 0 Å². The quantitative estimate of drug-likeness (QED) is 0.488. The average Bonchev–Trinajstić information content (AvgIpc) is 3.32. The highest BCUT2D eigenvalue weighted by molar-refractivity contribution is 6.35. The number of oxime groups is 1. The van der Waals surface area contributed by atoms with Crippen LogP contribution in [-0.4, -0.2) is 11.9 Å². The fourth-order valence-electron chi connectivity index (χ4n) is 4.08. The molecular formula is C20H16Cl2F4N2O. The predicted octanol–water partition coefficient (Wildman–Crippen LogP) is 5.66. The van der Waals surface area contributed by atoms with Gasteiger partial charge in [0.1, 0.15) is 0 Å². The lowest BCUT2D eigenvalue weighted by Crippen LogP contribution is -2.42. The van der Waals surface area contributed by atoms with Gasteiger partial charge in [0.2, 0.25) is 0 Å². The molecule has 4 rings (SSSR count). The molecular weight excluding hydrogens is 431 g/mol. The summed E-state index contributed by atoms with van der Waals surface area (Å²) in [7, 11) is 0. The number of fused-ring (bicyclic) bond motifs is 1. The van der Waals surface area contributed by atoms with Crippen molar-refractivity contribution in [1.29, 1.82) is 0 Å². The van der Waals surface area contributed by atoms with Crippen molar-refractivity contribution >= 4 is 28.9 Å². The predicted molar refractivity (Wildman–Crippen MR) is 103 cm³/mol. The van der Waals surface area contributed by atoms with E-state index in [1.165, 1.54) is 0 Å². The number of rotatable bonds is 3. The molecule has 154 valence electrons. The summed E-state index contributed by atoms with van der Waals surface area (Å²) in [6.45, 7) is 0.366. The lowest BCUT2D eigenvalue weighted by Gasteiger charge is -2.30. The van der Waals surface area contributed by atoms with Crippen LogP contribution in [0.2, 0.25) is 10.0 Å². The molecule has 0 fully saturated rings. The Kier molecular flexibility index (Phi) is 5.04. The van der Waals surface area contributed by atoms with Gasteiger partial charge in [-0.15, -0.1) is 0 Å². The highest BCUT2D eigenvalue weighted by Gasteiger charge is 2.62. The maximum atomic E-state index is 14.2. The molecule has 29 heavy (non-hydrogen) atoms. The van der Waals surface area contributed by atoms with Gasteiger partial charge in [-0.25, -0.2) is 4.39 Å². The standard InChI is InChI=1S/C20H16Cl2F4N2O/c21-15-6-11(7-16(22)18(15)23)19(20(24,25)26)8-17(28-29-19)14-5-4-10(9-27)12-2-1-3-13(12)14/h4-7H,1-3,8-9,27H2. The van der Waals surface area contributed by atoms with Crippen molar-refractivity contribution in [3.8, 4) is 0 Å². The molecule has 1 heterocycles.